The first-order valence-electron chi connectivity index (χ1n) is 12.1. The maximum absolute atomic E-state index is 13.4. The Hall–Kier alpha value is -3.74. The van der Waals surface area contributed by atoms with Gasteiger partial charge in [0.1, 0.15) is 18.0 Å². The number of hydrogen-bond acceptors (Lipinski definition) is 6. The van der Waals surface area contributed by atoms with E-state index < -0.39 is 17.7 Å². The zero-order valence-corrected chi connectivity index (χ0v) is 21.1. The molecule has 1 fully saturated rings. The Kier molecular flexibility index (Phi) is 7.38. The van der Waals surface area contributed by atoms with Gasteiger partial charge in [-0.1, -0.05) is 18.2 Å². The molecule has 1 amide bonds. The first-order valence-corrected chi connectivity index (χ1v) is 12.1. The molecule has 0 spiro atoms. The molecule has 0 aliphatic carbocycles. The highest BCUT2D eigenvalue weighted by Crippen LogP contribution is 2.27. The van der Waals surface area contributed by atoms with Gasteiger partial charge < -0.3 is 9.47 Å². The second-order valence-electron chi connectivity index (χ2n) is 10.1. The summed E-state index contributed by atoms with van der Waals surface area (Å²) in [7, 11) is 0. The molecule has 0 saturated carbocycles. The number of hydrogen-bond donors (Lipinski definition) is 0. The van der Waals surface area contributed by atoms with Gasteiger partial charge in [0, 0.05) is 34.7 Å². The van der Waals surface area contributed by atoms with Crippen LogP contribution >= 0.6 is 0 Å². The largest absolute Gasteiger partial charge is 0.489 e. The van der Waals surface area contributed by atoms with Crippen molar-refractivity contribution in [2.45, 2.75) is 58.8 Å². The quantitative estimate of drug-likeness (QED) is 0.431. The van der Waals surface area contributed by atoms with Gasteiger partial charge in [0.15, 0.2) is 5.78 Å². The Labute approximate surface area is 211 Å². The molecule has 36 heavy (non-hydrogen) atoms. The highest BCUT2D eigenvalue weighted by atomic mass is 16.6. The number of ether oxygens (including phenoxy) is 2. The van der Waals surface area contributed by atoms with Crippen molar-refractivity contribution in [3.8, 4) is 5.75 Å². The van der Waals surface area contributed by atoms with Gasteiger partial charge in [0.25, 0.3) is 0 Å². The molecule has 2 aromatic carbocycles. The Bertz CT molecular complexity index is 1260. The van der Waals surface area contributed by atoms with Crippen LogP contribution in [0.25, 0.3) is 10.9 Å². The predicted octanol–water partition coefficient (Wildman–Crippen LogP) is 5.43. The van der Waals surface area contributed by atoms with Gasteiger partial charge >= 0.3 is 6.09 Å². The van der Waals surface area contributed by atoms with Crippen molar-refractivity contribution in [3.63, 3.8) is 0 Å². The highest BCUT2D eigenvalue weighted by Gasteiger charge is 2.38. The minimum atomic E-state index is -0.780. The lowest BCUT2D eigenvalue weighted by Crippen LogP contribution is -2.51. The molecule has 1 aliphatic rings. The SMILES string of the molecule is Cc1cc(COc2ccc(C(=O)C3CC([C]=O)CCN3C(=O)OC(C)(C)C)cc2)c2ccccc2n1. The number of aryl methyl sites for hydroxylation is 1. The molecule has 1 saturated heterocycles. The van der Waals surface area contributed by atoms with Crippen LogP contribution in [-0.4, -0.2) is 46.2 Å². The molecule has 4 rings (SSSR count). The Morgan fingerprint density at radius 1 is 1.11 bits per heavy atom. The van der Waals surface area contributed by atoms with Crippen LogP contribution in [0.4, 0.5) is 4.79 Å². The van der Waals surface area contributed by atoms with Crippen LogP contribution in [-0.2, 0) is 16.1 Å². The Morgan fingerprint density at radius 2 is 1.83 bits per heavy atom. The number of fused-ring (bicyclic) bond motifs is 1. The summed E-state index contributed by atoms with van der Waals surface area (Å²) in [5.74, 6) is -0.00108. The number of ketones is 1. The van der Waals surface area contributed by atoms with Crippen LogP contribution in [0.3, 0.4) is 0 Å². The predicted molar refractivity (Wildman–Crippen MR) is 137 cm³/mol. The van der Waals surface area contributed by atoms with Gasteiger partial charge in [-0.3, -0.25) is 19.5 Å². The normalized spacial score (nSPS) is 18.1. The highest BCUT2D eigenvalue weighted by molar-refractivity contribution is 6.02. The van der Waals surface area contributed by atoms with Gasteiger partial charge in [-0.05, 0) is 76.9 Å². The zero-order chi connectivity index (χ0) is 25.9. The molecule has 0 bridgehead atoms. The van der Waals surface area contributed by atoms with Gasteiger partial charge in [-0.2, -0.15) is 0 Å². The smallest absolute Gasteiger partial charge is 0.410 e. The number of aromatic nitrogens is 1. The summed E-state index contributed by atoms with van der Waals surface area (Å²) in [5.41, 5.74) is 2.63. The molecule has 1 aliphatic heterocycles. The Balaban J connectivity index is 1.48. The second kappa shape index (κ2) is 10.5. The fourth-order valence-electron chi connectivity index (χ4n) is 4.44. The maximum Gasteiger partial charge on any atom is 0.410 e. The molecule has 2 atom stereocenters. The zero-order valence-electron chi connectivity index (χ0n) is 21.1. The van der Waals surface area contributed by atoms with E-state index in [0.717, 1.165) is 22.2 Å². The van der Waals surface area contributed by atoms with E-state index >= 15 is 0 Å². The summed E-state index contributed by atoms with van der Waals surface area (Å²) in [5, 5.41) is 1.04. The molecule has 3 aromatic rings. The van der Waals surface area contributed by atoms with E-state index in [0.29, 0.717) is 24.3 Å². The minimum absolute atomic E-state index is 0.230. The fourth-order valence-corrected chi connectivity index (χ4v) is 4.44. The van der Waals surface area contributed by atoms with E-state index in [-0.39, 0.29) is 24.7 Å². The summed E-state index contributed by atoms with van der Waals surface area (Å²) < 4.78 is 11.5. The van der Waals surface area contributed by atoms with Crippen LogP contribution in [0.15, 0.2) is 54.6 Å². The first-order chi connectivity index (χ1) is 17.1. The van der Waals surface area contributed by atoms with E-state index in [2.05, 4.69) is 4.98 Å². The van der Waals surface area contributed by atoms with Crippen molar-refractivity contribution in [1.29, 1.82) is 0 Å². The van der Waals surface area contributed by atoms with Crippen LogP contribution in [0.5, 0.6) is 5.75 Å². The lowest BCUT2D eigenvalue weighted by molar-refractivity contribution is 0.00826. The number of amides is 1. The van der Waals surface area contributed by atoms with Crippen molar-refractivity contribution in [2.24, 2.45) is 5.92 Å². The number of para-hydroxylation sites is 1. The van der Waals surface area contributed by atoms with E-state index in [1.165, 1.54) is 4.90 Å². The van der Waals surface area contributed by atoms with Gasteiger partial charge in [0.2, 0.25) is 6.29 Å². The monoisotopic (exact) mass is 487 g/mol. The number of benzene rings is 2. The second-order valence-corrected chi connectivity index (χ2v) is 10.1. The lowest BCUT2D eigenvalue weighted by Gasteiger charge is -2.37. The third-order valence-electron chi connectivity index (χ3n) is 6.16. The van der Waals surface area contributed by atoms with Crippen molar-refractivity contribution in [2.75, 3.05) is 6.54 Å². The van der Waals surface area contributed by atoms with Crippen LogP contribution in [0, 0.1) is 12.8 Å². The molecule has 0 N–H and O–H groups in total. The number of carbonyl (C=O) groups is 2. The van der Waals surface area contributed by atoms with E-state index in [9.17, 15) is 14.4 Å². The van der Waals surface area contributed by atoms with E-state index in [4.69, 9.17) is 9.47 Å². The molecule has 2 heterocycles. The number of rotatable bonds is 6. The number of pyridine rings is 1. The summed E-state index contributed by atoms with van der Waals surface area (Å²) in [6, 6.07) is 16.0. The van der Waals surface area contributed by atoms with Crippen molar-refractivity contribution < 1.29 is 23.9 Å². The molecule has 1 radical (unpaired) electrons. The van der Waals surface area contributed by atoms with Crippen LogP contribution < -0.4 is 4.74 Å². The van der Waals surface area contributed by atoms with Crippen LogP contribution in [0.1, 0.15) is 55.2 Å². The molecular formula is C29H31N2O5. The van der Waals surface area contributed by atoms with Gasteiger partial charge in [-0.25, -0.2) is 4.79 Å². The topological polar surface area (TPSA) is 85.8 Å². The summed E-state index contributed by atoms with van der Waals surface area (Å²) >= 11 is 0. The van der Waals surface area contributed by atoms with Crippen molar-refractivity contribution in [1.82, 2.24) is 9.88 Å². The average Bonchev–Trinajstić information content (AvgIpc) is 2.85. The summed E-state index contributed by atoms with van der Waals surface area (Å²) in [6.07, 6.45) is 2.14. The molecule has 7 nitrogen and oxygen atoms in total. The molecule has 1 aromatic heterocycles. The molecule has 187 valence electrons. The number of Topliss-reactive ketones (excluding diaryl/α,β-unsaturated/α-hetero) is 1. The number of likely N-dealkylation sites (tertiary alicyclic amines) is 1. The third-order valence-corrected chi connectivity index (χ3v) is 6.16. The van der Waals surface area contributed by atoms with Crippen molar-refractivity contribution in [3.05, 3.63) is 71.4 Å². The number of carbonyl (C=O) groups excluding carboxylic acids is 3. The maximum atomic E-state index is 13.4. The average molecular weight is 488 g/mol. The Morgan fingerprint density at radius 3 is 2.53 bits per heavy atom. The fraction of sp³-hybridized carbons (Fsp3) is 0.379. The third kappa shape index (κ3) is 5.90. The molecule has 2 unspecified atom stereocenters. The number of piperidine rings is 1. The molecular weight excluding hydrogens is 456 g/mol. The van der Waals surface area contributed by atoms with Crippen molar-refractivity contribution >= 4 is 29.1 Å². The number of nitrogens with zero attached hydrogens (tertiary/aromatic N) is 2. The minimum Gasteiger partial charge on any atom is -0.489 e. The van der Waals surface area contributed by atoms with Gasteiger partial charge in [0.05, 0.1) is 11.6 Å². The van der Waals surface area contributed by atoms with Gasteiger partial charge in [-0.15, -0.1) is 0 Å². The van der Waals surface area contributed by atoms with E-state index in [1.807, 2.05) is 43.5 Å². The molecule has 7 heteroatoms. The summed E-state index contributed by atoms with van der Waals surface area (Å²) in [6.45, 7) is 7.93. The van der Waals surface area contributed by atoms with E-state index in [1.54, 1.807) is 45.0 Å². The standard InChI is InChI=1S/C29H31N2O5/c1-19-15-22(24-7-5-6-8-25(24)30-19)18-35-23-11-9-21(10-12-23)27(33)26-16-20(17-32)13-14-31(26)28(34)36-29(2,3)4/h5-12,15,20,26H,13-14,16,18H2,1-4H3. The lowest BCUT2D eigenvalue weighted by atomic mass is 9.88. The van der Waals surface area contributed by atoms with Crippen LogP contribution in [0.2, 0.25) is 0 Å². The summed E-state index contributed by atoms with van der Waals surface area (Å²) in [4.78, 5) is 43.5. The first kappa shape index (κ1) is 25.4.